The number of nitrogens with one attached hydrogen (secondary N) is 1. The molecule has 1 aromatic heterocycles. The highest BCUT2D eigenvalue weighted by Crippen LogP contribution is 2.25. The molecule has 23 heavy (non-hydrogen) atoms. The van der Waals surface area contributed by atoms with Crippen molar-refractivity contribution in [2.45, 2.75) is 31.7 Å². The van der Waals surface area contributed by atoms with E-state index in [2.05, 4.69) is 39.5 Å². The van der Waals surface area contributed by atoms with E-state index in [-0.39, 0.29) is 11.9 Å². The van der Waals surface area contributed by atoms with E-state index in [9.17, 15) is 4.79 Å². The highest BCUT2D eigenvalue weighted by atomic mass is 16.1. The van der Waals surface area contributed by atoms with E-state index in [1.807, 2.05) is 19.2 Å². The summed E-state index contributed by atoms with van der Waals surface area (Å²) < 4.78 is 0. The number of aromatic nitrogens is 1. The second-order valence-electron chi connectivity index (χ2n) is 6.53. The molecule has 2 aliphatic rings. The number of nitrogens with zero attached hydrogens (tertiary/aromatic N) is 2. The molecule has 2 heterocycles. The van der Waals surface area contributed by atoms with Crippen molar-refractivity contribution in [2.24, 2.45) is 0 Å². The number of carbonyl (C=O) groups excluding carboxylic acids is 1. The zero-order chi connectivity index (χ0) is 15.8. The van der Waals surface area contributed by atoms with Gasteiger partial charge in [-0.1, -0.05) is 30.3 Å². The van der Waals surface area contributed by atoms with E-state index in [0.29, 0.717) is 5.69 Å². The van der Waals surface area contributed by atoms with Crippen molar-refractivity contribution < 1.29 is 4.79 Å². The van der Waals surface area contributed by atoms with Crippen LogP contribution in [0.1, 0.15) is 33.6 Å². The Morgan fingerprint density at radius 2 is 1.96 bits per heavy atom. The van der Waals surface area contributed by atoms with Gasteiger partial charge in [0.25, 0.3) is 5.91 Å². The molecule has 0 saturated carbocycles. The first kappa shape index (κ1) is 14.2. The molecule has 1 aliphatic carbocycles. The number of amides is 1. The number of fused-ring (bicyclic) bond motifs is 2. The lowest BCUT2D eigenvalue weighted by molar-refractivity contribution is 0.0928. The van der Waals surface area contributed by atoms with Crippen molar-refractivity contribution in [3.05, 3.63) is 58.8 Å². The summed E-state index contributed by atoms with van der Waals surface area (Å²) in [6.45, 7) is 0.979. The first-order valence-corrected chi connectivity index (χ1v) is 8.29. The molecule has 1 aliphatic heterocycles. The van der Waals surface area contributed by atoms with E-state index in [4.69, 9.17) is 0 Å². The second-order valence-corrected chi connectivity index (χ2v) is 6.53. The van der Waals surface area contributed by atoms with Crippen LogP contribution in [0.2, 0.25) is 0 Å². The Labute approximate surface area is 136 Å². The van der Waals surface area contributed by atoms with Crippen LogP contribution in [0.5, 0.6) is 0 Å². The van der Waals surface area contributed by atoms with Gasteiger partial charge in [-0.25, -0.2) is 4.98 Å². The van der Waals surface area contributed by atoms with Crippen molar-refractivity contribution in [1.82, 2.24) is 10.3 Å². The molecule has 4 nitrogen and oxygen atoms in total. The average Bonchev–Trinajstić information content (AvgIpc) is 2.95. The molecule has 2 aromatic rings. The minimum absolute atomic E-state index is 0.0579. The zero-order valence-electron chi connectivity index (χ0n) is 13.4. The summed E-state index contributed by atoms with van der Waals surface area (Å²) in [5.74, 6) is 0.893. The fourth-order valence-corrected chi connectivity index (χ4v) is 3.60. The number of hydrogen-bond donors (Lipinski definition) is 1. The molecule has 4 heteroatoms. The van der Waals surface area contributed by atoms with Crippen LogP contribution in [0.25, 0.3) is 0 Å². The third kappa shape index (κ3) is 2.69. The van der Waals surface area contributed by atoms with Gasteiger partial charge < -0.3 is 10.2 Å². The van der Waals surface area contributed by atoms with Crippen LogP contribution in [0, 0.1) is 0 Å². The van der Waals surface area contributed by atoms with Crippen LogP contribution in [0.15, 0.2) is 36.4 Å². The first-order valence-electron chi connectivity index (χ1n) is 8.29. The molecule has 0 spiro atoms. The van der Waals surface area contributed by atoms with Crippen molar-refractivity contribution in [1.29, 1.82) is 0 Å². The summed E-state index contributed by atoms with van der Waals surface area (Å²) in [6, 6.07) is 12.6. The monoisotopic (exact) mass is 307 g/mol. The molecule has 0 bridgehead atoms. The van der Waals surface area contributed by atoms with Gasteiger partial charge in [-0.2, -0.15) is 0 Å². The van der Waals surface area contributed by atoms with Crippen LogP contribution in [0.4, 0.5) is 5.82 Å². The Morgan fingerprint density at radius 3 is 2.83 bits per heavy atom. The van der Waals surface area contributed by atoms with Gasteiger partial charge in [0.1, 0.15) is 11.5 Å². The molecule has 1 N–H and O–H groups in total. The fraction of sp³-hybridized carbons (Fsp3) is 0.368. The second kappa shape index (κ2) is 5.69. The van der Waals surface area contributed by atoms with Gasteiger partial charge in [0.2, 0.25) is 0 Å². The maximum absolute atomic E-state index is 12.5. The molecule has 118 valence electrons. The van der Waals surface area contributed by atoms with Crippen LogP contribution < -0.4 is 10.2 Å². The number of likely N-dealkylation sites (N-methyl/N-ethyl adjacent to an activating group) is 1. The third-order valence-electron chi connectivity index (χ3n) is 4.95. The van der Waals surface area contributed by atoms with Gasteiger partial charge in [-0.05, 0) is 48.4 Å². The summed E-state index contributed by atoms with van der Waals surface area (Å²) in [5.41, 5.74) is 4.52. The lowest BCUT2D eigenvalue weighted by atomic mass is 9.88. The lowest BCUT2D eigenvalue weighted by Crippen LogP contribution is -2.39. The normalized spacial score (nSPS) is 19.2. The maximum atomic E-state index is 12.5. The molecule has 1 amide bonds. The average molecular weight is 307 g/mol. The first-order chi connectivity index (χ1) is 11.2. The largest absolute Gasteiger partial charge is 0.359 e. The van der Waals surface area contributed by atoms with Gasteiger partial charge in [-0.15, -0.1) is 0 Å². The minimum atomic E-state index is -0.0579. The Balaban J connectivity index is 1.48. The molecular weight excluding hydrogens is 286 g/mol. The van der Waals surface area contributed by atoms with Crippen LogP contribution in [-0.2, 0) is 19.3 Å². The number of hydrogen-bond acceptors (Lipinski definition) is 3. The molecule has 4 rings (SSSR count). The smallest absolute Gasteiger partial charge is 0.270 e. The Morgan fingerprint density at radius 1 is 1.13 bits per heavy atom. The number of pyridine rings is 1. The standard InChI is InChI=1S/C19H21N3O/c1-22-11-10-14-7-9-17(21-18(14)22)19(23)20-16-8-6-13-4-2-3-5-15(13)12-16/h2-5,7,9,16H,6,8,10-12H2,1H3,(H,20,23). The van der Waals surface area contributed by atoms with Crippen LogP contribution in [-0.4, -0.2) is 30.5 Å². The van der Waals surface area contributed by atoms with Crippen molar-refractivity contribution in [3.8, 4) is 0 Å². The molecule has 0 saturated heterocycles. The number of carbonyl (C=O) groups is 1. The molecule has 1 aromatic carbocycles. The highest BCUT2D eigenvalue weighted by Gasteiger charge is 2.23. The zero-order valence-corrected chi connectivity index (χ0v) is 13.4. The fourth-order valence-electron chi connectivity index (χ4n) is 3.60. The minimum Gasteiger partial charge on any atom is -0.359 e. The third-order valence-corrected chi connectivity index (χ3v) is 4.95. The van der Waals surface area contributed by atoms with E-state index >= 15 is 0 Å². The van der Waals surface area contributed by atoms with E-state index in [0.717, 1.165) is 38.0 Å². The van der Waals surface area contributed by atoms with E-state index in [1.54, 1.807) is 0 Å². The highest BCUT2D eigenvalue weighted by molar-refractivity contribution is 5.93. The Hall–Kier alpha value is -2.36. The van der Waals surface area contributed by atoms with Crippen LogP contribution >= 0.6 is 0 Å². The number of benzene rings is 1. The molecule has 0 radical (unpaired) electrons. The van der Waals surface area contributed by atoms with Gasteiger partial charge in [0.05, 0.1) is 0 Å². The van der Waals surface area contributed by atoms with Crippen LogP contribution in [0.3, 0.4) is 0 Å². The topological polar surface area (TPSA) is 45.2 Å². The maximum Gasteiger partial charge on any atom is 0.270 e. The summed E-state index contributed by atoms with van der Waals surface area (Å²) in [5, 5.41) is 3.16. The quantitative estimate of drug-likeness (QED) is 0.926. The molecule has 1 unspecified atom stereocenters. The summed E-state index contributed by atoms with van der Waals surface area (Å²) in [4.78, 5) is 19.2. The molecule has 1 atom stereocenters. The van der Waals surface area contributed by atoms with Crippen molar-refractivity contribution >= 4 is 11.7 Å². The SMILES string of the molecule is CN1CCc2ccc(C(=O)NC3CCc4ccccc4C3)nc21. The Kier molecular flexibility index (Phi) is 3.52. The van der Waals surface area contributed by atoms with Gasteiger partial charge >= 0.3 is 0 Å². The van der Waals surface area contributed by atoms with Crippen molar-refractivity contribution in [3.63, 3.8) is 0 Å². The predicted octanol–water partition coefficient (Wildman–Crippen LogP) is 2.36. The number of anilines is 1. The van der Waals surface area contributed by atoms with Gasteiger partial charge in [-0.3, -0.25) is 4.79 Å². The van der Waals surface area contributed by atoms with E-state index in [1.165, 1.54) is 16.7 Å². The summed E-state index contributed by atoms with van der Waals surface area (Å²) >= 11 is 0. The molecular formula is C19H21N3O. The molecule has 0 fully saturated rings. The van der Waals surface area contributed by atoms with Gasteiger partial charge in [0.15, 0.2) is 0 Å². The lowest BCUT2D eigenvalue weighted by Gasteiger charge is -2.25. The summed E-state index contributed by atoms with van der Waals surface area (Å²) in [7, 11) is 2.03. The summed E-state index contributed by atoms with van der Waals surface area (Å²) in [6.07, 6.45) is 3.95. The predicted molar refractivity (Wildman–Crippen MR) is 90.9 cm³/mol. The van der Waals surface area contributed by atoms with E-state index < -0.39 is 0 Å². The number of aryl methyl sites for hydroxylation is 1. The number of rotatable bonds is 2. The van der Waals surface area contributed by atoms with Gasteiger partial charge in [0, 0.05) is 19.6 Å². The Bertz CT molecular complexity index is 756. The van der Waals surface area contributed by atoms with Crippen molar-refractivity contribution in [2.75, 3.05) is 18.5 Å².